The van der Waals surface area contributed by atoms with E-state index in [-0.39, 0.29) is 12.4 Å². The van der Waals surface area contributed by atoms with E-state index in [0.29, 0.717) is 12.5 Å². The molecule has 2 heterocycles. The SMILES string of the molecule is CN1CCC(c2cnc(CCN)nc2)CC1.Cl. The van der Waals surface area contributed by atoms with Crippen LogP contribution in [0.25, 0.3) is 0 Å². The molecule has 0 atom stereocenters. The van der Waals surface area contributed by atoms with Crippen LogP contribution >= 0.6 is 12.4 Å². The molecule has 1 fully saturated rings. The van der Waals surface area contributed by atoms with E-state index in [1.54, 1.807) is 0 Å². The van der Waals surface area contributed by atoms with Crippen molar-refractivity contribution in [2.45, 2.75) is 25.2 Å². The second-order valence-electron chi connectivity index (χ2n) is 4.55. The van der Waals surface area contributed by atoms with Crippen LogP contribution in [-0.4, -0.2) is 41.5 Å². The van der Waals surface area contributed by atoms with Crippen molar-refractivity contribution >= 4 is 12.4 Å². The van der Waals surface area contributed by atoms with Crippen LogP contribution in [0.1, 0.15) is 30.1 Å². The highest BCUT2D eigenvalue weighted by Gasteiger charge is 2.18. The van der Waals surface area contributed by atoms with E-state index in [0.717, 1.165) is 12.2 Å². The van der Waals surface area contributed by atoms with E-state index in [1.165, 1.54) is 31.5 Å². The Morgan fingerprint density at radius 2 is 1.88 bits per heavy atom. The molecule has 2 rings (SSSR count). The molecule has 17 heavy (non-hydrogen) atoms. The van der Waals surface area contributed by atoms with Crippen molar-refractivity contribution in [2.24, 2.45) is 5.73 Å². The molecular formula is C12H21ClN4. The van der Waals surface area contributed by atoms with Crippen molar-refractivity contribution in [2.75, 3.05) is 26.7 Å². The Hall–Kier alpha value is -0.710. The van der Waals surface area contributed by atoms with Gasteiger partial charge in [0.15, 0.2) is 0 Å². The smallest absolute Gasteiger partial charge is 0.129 e. The van der Waals surface area contributed by atoms with Crippen LogP contribution in [0.4, 0.5) is 0 Å². The van der Waals surface area contributed by atoms with Crippen LogP contribution in [-0.2, 0) is 6.42 Å². The molecule has 1 aliphatic heterocycles. The zero-order valence-corrected chi connectivity index (χ0v) is 11.1. The van der Waals surface area contributed by atoms with Crippen molar-refractivity contribution in [3.8, 4) is 0 Å². The fourth-order valence-electron chi connectivity index (χ4n) is 2.18. The fourth-order valence-corrected chi connectivity index (χ4v) is 2.18. The van der Waals surface area contributed by atoms with Crippen LogP contribution in [0.3, 0.4) is 0 Å². The summed E-state index contributed by atoms with van der Waals surface area (Å²) in [7, 11) is 2.18. The molecular weight excluding hydrogens is 236 g/mol. The van der Waals surface area contributed by atoms with Crippen molar-refractivity contribution in [3.05, 3.63) is 23.8 Å². The Labute approximate surface area is 109 Å². The largest absolute Gasteiger partial charge is 0.330 e. The van der Waals surface area contributed by atoms with Gasteiger partial charge in [0, 0.05) is 18.8 Å². The summed E-state index contributed by atoms with van der Waals surface area (Å²) in [5.74, 6) is 1.50. The summed E-state index contributed by atoms with van der Waals surface area (Å²) in [6, 6.07) is 0. The van der Waals surface area contributed by atoms with Gasteiger partial charge < -0.3 is 10.6 Å². The van der Waals surface area contributed by atoms with Gasteiger partial charge in [-0.15, -0.1) is 12.4 Å². The minimum atomic E-state index is 0. The molecule has 96 valence electrons. The van der Waals surface area contributed by atoms with Gasteiger partial charge in [0.05, 0.1) is 0 Å². The molecule has 0 amide bonds. The number of likely N-dealkylation sites (tertiary alicyclic amines) is 1. The number of aromatic nitrogens is 2. The number of nitrogens with zero attached hydrogens (tertiary/aromatic N) is 3. The number of piperidine rings is 1. The molecule has 1 aromatic rings. The van der Waals surface area contributed by atoms with Gasteiger partial charge in [0.1, 0.15) is 5.82 Å². The van der Waals surface area contributed by atoms with Gasteiger partial charge in [-0.2, -0.15) is 0 Å². The average Bonchev–Trinajstić information content (AvgIpc) is 2.32. The maximum absolute atomic E-state index is 5.47. The van der Waals surface area contributed by atoms with Gasteiger partial charge >= 0.3 is 0 Å². The first kappa shape index (κ1) is 14.4. The lowest BCUT2D eigenvalue weighted by molar-refractivity contribution is 0.255. The highest BCUT2D eigenvalue weighted by atomic mass is 35.5. The van der Waals surface area contributed by atoms with E-state index in [2.05, 4.69) is 21.9 Å². The Kier molecular flexibility index (Phi) is 5.82. The zero-order valence-electron chi connectivity index (χ0n) is 10.3. The first-order valence-electron chi connectivity index (χ1n) is 5.99. The summed E-state index contributed by atoms with van der Waals surface area (Å²) in [5.41, 5.74) is 6.76. The third kappa shape index (κ3) is 3.91. The van der Waals surface area contributed by atoms with Crippen molar-refractivity contribution in [1.29, 1.82) is 0 Å². The molecule has 0 aliphatic carbocycles. The van der Waals surface area contributed by atoms with Gasteiger partial charge in [0.25, 0.3) is 0 Å². The normalized spacial score (nSPS) is 17.8. The second kappa shape index (κ2) is 6.89. The van der Waals surface area contributed by atoms with E-state index in [4.69, 9.17) is 5.73 Å². The fraction of sp³-hybridized carbons (Fsp3) is 0.667. The maximum Gasteiger partial charge on any atom is 0.129 e. The topological polar surface area (TPSA) is 55.0 Å². The van der Waals surface area contributed by atoms with E-state index in [1.807, 2.05) is 12.4 Å². The number of hydrogen-bond donors (Lipinski definition) is 1. The first-order chi connectivity index (χ1) is 7.79. The van der Waals surface area contributed by atoms with Crippen LogP contribution in [0, 0.1) is 0 Å². The predicted molar refractivity (Wildman–Crippen MR) is 71.5 cm³/mol. The van der Waals surface area contributed by atoms with Gasteiger partial charge in [0.2, 0.25) is 0 Å². The summed E-state index contributed by atoms with van der Waals surface area (Å²) >= 11 is 0. The molecule has 1 aromatic heterocycles. The second-order valence-corrected chi connectivity index (χ2v) is 4.55. The standard InChI is InChI=1S/C12H20N4.ClH/c1-16-6-3-10(4-7-16)11-8-14-12(2-5-13)15-9-11;/h8-10H,2-7,13H2,1H3;1H. The summed E-state index contributed by atoms with van der Waals surface area (Å²) in [6.07, 6.45) is 7.17. The monoisotopic (exact) mass is 256 g/mol. The molecule has 1 aliphatic rings. The first-order valence-corrected chi connectivity index (χ1v) is 5.99. The lowest BCUT2D eigenvalue weighted by Gasteiger charge is -2.28. The molecule has 0 aromatic carbocycles. The lowest BCUT2D eigenvalue weighted by Crippen LogP contribution is -2.29. The molecule has 0 spiro atoms. The number of rotatable bonds is 3. The zero-order chi connectivity index (χ0) is 11.4. The quantitative estimate of drug-likeness (QED) is 0.883. The molecule has 0 radical (unpaired) electrons. The Balaban J connectivity index is 0.00000144. The Morgan fingerprint density at radius 3 is 2.41 bits per heavy atom. The highest BCUT2D eigenvalue weighted by molar-refractivity contribution is 5.85. The minimum Gasteiger partial charge on any atom is -0.330 e. The molecule has 2 N–H and O–H groups in total. The number of nitrogens with two attached hydrogens (primary N) is 1. The summed E-state index contributed by atoms with van der Waals surface area (Å²) < 4.78 is 0. The van der Waals surface area contributed by atoms with Gasteiger partial charge in [-0.05, 0) is 51.0 Å². The number of hydrogen-bond acceptors (Lipinski definition) is 4. The van der Waals surface area contributed by atoms with E-state index >= 15 is 0 Å². The van der Waals surface area contributed by atoms with Crippen LogP contribution < -0.4 is 5.73 Å². The Morgan fingerprint density at radius 1 is 1.29 bits per heavy atom. The average molecular weight is 257 g/mol. The summed E-state index contributed by atoms with van der Waals surface area (Å²) in [5, 5.41) is 0. The molecule has 0 saturated carbocycles. The molecule has 4 nitrogen and oxygen atoms in total. The van der Waals surface area contributed by atoms with Gasteiger partial charge in [-0.3, -0.25) is 0 Å². The molecule has 5 heteroatoms. The third-order valence-electron chi connectivity index (χ3n) is 3.28. The summed E-state index contributed by atoms with van der Waals surface area (Å²) in [4.78, 5) is 11.1. The van der Waals surface area contributed by atoms with Crippen LogP contribution in [0.15, 0.2) is 12.4 Å². The van der Waals surface area contributed by atoms with Crippen molar-refractivity contribution in [3.63, 3.8) is 0 Å². The van der Waals surface area contributed by atoms with Gasteiger partial charge in [-0.1, -0.05) is 0 Å². The van der Waals surface area contributed by atoms with Crippen LogP contribution in [0.5, 0.6) is 0 Å². The highest BCUT2D eigenvalue weighted by Crippen LogP contribution is 2.26. The molecule has 0 bridgehead atoms. The van der Waals surface area contributed by atoms with E-state index in [9.17, 15) is 0 Å². The van der Waals surface area contributed by atoms with E-state index < -0.39 is 0 Å². The Bertz CT molecular complexity index is 320. The summed E-state index contributed by atoms with van der Waals surface area (Å²) in [6.45, 7) is 2.97. The van der Waals surface area contributed by atoms with Gasteiger partial charge in [-0.25, -0.2) is 9.97 Å². The maximum atomic E-state index is 5.47. The molecule has 0 unspecified atom stereocenters. The van der Waals surface area contributed by atoms with Crippen molar-refractivity contribution in [1.82, 2.24) is 14.9 Å². The minimum absolute atomic E-state index is 0. The van der Waals surface area contributed by atoms with Crippen LogP contribution in [0.2, 0.25) is 0 Å². The number of halogens is 1. The lowest BCUT2D eigenvalue weighted by atomic mass is 9.91. The molecule has 1 saturated heterocycles. The van der Waals surface area contributed by atoms with Crippen molar-refractivity contribution < 1.29 is 0 Å². The predicted octanol–water partition coefficient (Wildman–Crippen LogP) is 1.21. The third-order valence-corrected chi connectivity index (χ3v) is 3.28.